The SMILES string of the molecule is C#CCC(NC(=O)c1csc(-c2ccco2)n1)C(=O)O. The van der Waals surface area contributed by atoms with E-state index in [1.807, 2.05) is 0 Å². The van der Waals surface area contributed by atoms with E-state index in [0.717, 1.165) is 0 Å². The van der Waals surface area contributed by atoms with E-state index in [4.69, 9.17) is 15.9 Å². The average Bonchev–Trinajstić information content (AvgIpc) is 3.08. The molecule has 2 aromatic heterocycles. The lowest BCUT2D eigenvalue weighted by Crippen LogP contribution is -2.40. The molecule has 0 aliphatic carbocycles. The van der Waals surface area contributed by atoms with E-state index >= 15 is 0 Å². The van der Waals surface area contributed by atoms with Gasteiger partial charge in [-0.3, -0.25) is 4.79 Å². The van der Waals surface area contributed by atoms with Gasteiger partial charge in [0.15, 0.2) is 10.8 Å². The number of carboxylic acid groups (broad SMARTS) is 1. The van der Waals surface area contributed by atoms with Crippen molar-refractivity contribution in [2.45, 2.75) is 12.5 Å². The number of thiazole rings is 1. The third-order valence-corrected chi connectivity index (χ3v) is 3.25. The zero-order valence-electron chi connectivity index (χ0n) is 10.2. The Kier molecular flexibility index (Phi) is 4.17. The maximum absolute atomic E-state index is 11.9. The van der Waals surface area contributed by atoms with Crippen molar-refractivity contribution in [1.29, 1.82) is 0 Å². The Morgan fingerprint density at radius 3 is 3.00 bits per heavy atom. The average molecular weight is 290 g/mol. The molecule has 0 radical (unpaired) electrons. The Hall–Kier alpha value is -2.59. The van der Waals surface area contributed by atoms with Gasteiger partial charge >= 0.3 is 5.97 Å². The van der Waals surface area contributed by atoms with Crippen molar-refractivity contribution in [3.63, 3.8) is 0 Å². The van der Waals surface area contributed by atoms with Gasteiger partial charge in [-0.25, -0.2) is 9.78 Å². The van der Waals surface area contributed by atoms with Crippen molar-refractivity contribution in [3.8, 4) is 23.1 Å². The molecule has 1 amide bonds. The molecule has 0 saturated carbocycles. The van der Waals surface area contributed by atoms with Crippen LogP contribution in [0.1, 0.15) is 16.9 Å². The molecule has 1 unspecified atom stereocenters. The van der Waals surface area contributed by atoms with Crippen LogP contribution in [-0.4, -0.2) is 28.0 Å². The second kappa shape index (κ2) is 6.04. The highest BCUT2D eigenvalue weighted by Crippen LogP contribution is 2.23. The first-order valence-corrected chi connectivity index (χ1v) is 6.46. The van der Waals surface area contributed by atoms with E-state index in [9.17, 15) is 9.59 Å². The number of carboxylic acids is 1. The first-order chi connectivity index (χ1) is 9.61. The largest absolute Gasteiger partial charge is 0.480 e. The standard InChI is InChI=1S/C13H10N2O4S/c1-2-4-8(13(17)18)14-11(16)9-7-20-12(15-9)10-5-3-6-19-10/h1,3,5-8H,4H2,(H,14,16)(H,17,18). The summed E-state index contributed by atoms with van der Waals surface area (Å²) in [6.07, 6.45) is 6.48. The minimum atomic E-state index is -1.18. The van der Waals surface area contributed by atoms with Crippen molar-refractivity contribution < 1.29 is 19.1 Å². The van der Waals surface area contributed by atoms with E-state index in [2.05, 4.69) is 16.2 Å². The maximum Gasteiger partial charge on any atom is 0.327 e. The smallest absolute Gasteiger partial charge is 0.327 e. The number of aliphatic carboxylic acids is 1. The minimum absolute atomic E-state index is 0.0871. The summed E-state index contributed by atoms with van der Waals surface area (Å²) >= 11 is 1.23. The van der Waals surface area contributed by atoms with Gasteiger partial charge in [-0.15, -0.1) is 23.7 Å². The number of hydrogen-bond donors (Lipinski definition) is 2. The number of terminal acetylenes is 1. The van der Waals surface area contributed by atoms with E-state index in [1.165, 1.54) is 23.0 Å². The van der Waals surface area contributed by atoms with Crippen molar-refractivity contribution >= 4 is 23.2 Å². The van der Waals surface area contributed by atoms with Crippen LogP contribution in [0.25, 0.3) is 10.8 Å². The predicted molar refractivity (Wildman–Crippen MR) is 72.2 cm³/mol. The summed E-state index contributed by atoms with van der Waals surface area (Å²) in [5.41, 5.74) is 0.129. The summed E-state index contributed by atoms with van der Waals surface area (Å²) in [7, 11) is 0. The highest BCUT2D eigenvalue weighted by Gasteiger charge is 2.21. The molecule has 102 valence electrons. The third kappa shape index (κ3) is 3.05. The molecule has 6 nitrogen and oxygen atoms in total. The highest BCUT2D eigenvalue weighted by molar-refractivity contribution is 7.13. The number of aromatic nitrogens is 1. The fourth-order valence-electron chi connectivity index (χ4n) is 1.44. The zero-order chi connectivity index (χ0) is 14.5. The molecule has 2 heterocycles. The molecule has 1 atom stereocenters. The molecule has 0 aliphatic rings. The number of furan rings is 1. The summed E-state index contributed by atoms with van der Waals surface area (Å²) in [6, 6.07) is 2.31. The molecule has 20 heavy (non-hydrogen) atoms. The maximum atomic E-state index is 11.9. The number of amides is 1. The number of nitrogens with zero attached hydrogens (tertiary/aromatic N) is 1. The zero-order valence-corrected chi connectivity index (χ0v) is 11.0. The fourth-order valence-corrected chi connectivity index (χ4v) is 2.21. The van der Waals surface area contributed by atoms with Crippen LogP contribution in [0.4, 0.5) is 0 Å². The van der Waals surface area contributed by atoms with Crippen LogP contribution in [0, 0.1) is 12.3 Å². The normalized spacial score (nSPS) is 11.6. The molecule has 0 aromatic carbocycles. The van der Waals surface area contributed by atoms with Gasteiger partial charge in [0, 0.05) is 11.8 Å². The molecule has 2 rings (SSSR count). The Bertz CT molecular complexity index is 654. The number of hydrogen-bond acceptors (Lipinski definition) is 5. The molecule has 2 N–H and O–H groups in total. The van der Waals surface area contributed by atoms with E-state index in [-0.39, 0.29) is 12.1 Å². The molecule has 2 aromatic rings. The molecular weight excluding hydrogens is 280 g/mol. The van der Waals surface area contributed by atoms with Gasteiger partial charge in [0.05, 0.1) is 6.26 Å². The van der Waals surface area contributed by atoms with Gasteiger partial charge < -0.3 is 14.8 Å². The Balaban J connectivity index is 2.10. The molecule has 7 heteroatoms. The lowest BCUT2D eigenvalue weighted by Gasteiger charge is -2.10. The van der Waals surface area contributed by atoms with Crippen molar-refractivity contribution in [1.82, 2.24) is 10.3 Å². The molecule has 0 bridgehead atoms. The van der Waals surface area contributed by atoms with E-state index in [0.29, 0.717) is 10.8 Å². The van der Waals surface area contributed by atoms with E-state index in [1.54, 1.807) is 12.1 Å². The first kappa shape index (κ1) is 13.8. The molecule has 0 fully saturated rings. The van der Waals surface area contributed by atoms with Crippen LogP contribution in [-0.2, 0) is 4.79 Å². The summed E-state index contributed by atoms with van der Waals surface area (Å²) in [5.74, 6) is 0.989. The fraction of sp³-hybridized carbons (Fsp3) is 0.154. The molecule has 0 aliphatic heterocycles. The Morgan fingerprint density at radius 1 is 1.60 bits per heavy atom. The number of carbonyl (C=O) groups excluding carboxylic acids is 1. The summed E-state index contributed by atoms with van der Waals surface area (Å²) in [5, 5.41) is 13.3. The second-order valence-electron chi connectivity index (χ2n) is 3.79. The van der Waals surface area contributed by atoms with Crippen LogP contribution >= 0.6 is 11.3 Å². The van der Waals surface area contributed by atoms with Crippen LogP contribution < -0.4 is 5.32 Å². The van der Waals surface area contributed by atoms with Gasteiger partial charge in [0.25, 0.3) is 5.91 Å². The van der Waals surface area contributed by atoms with Crippen molar-refractivity contribution in [2.75, 3.05) is 0 Å². The van der Waals surface area contributed by atoms with Crippen LogP contribution in [0.15, 0.2) is 28.2 Å². The van der Waals surface area contributed by atoms with Gasteiger partial charge in [0.2, 0.25) is 0 Å². The molecule has 0 saturated heterocycles. The first-order valence-electron chi connectivity index (χ1n) is 5.58. The Labute approximate surface area is 118 Å². The molecule has 0 spiro atoms. The van der Waals surface area contributed by atoms with Gasteiger partial charge in [0.1, 0.15) is 11.7 Å². The quantitative estimate of drug-likeness (QED) is 0.816. The molecular formula is C13H10N2O4S. The predicted octanol–water partition coefficient (Wildman–Crippen LogP) is 1.61. The van der Waals surface area contributed by atoms with Gasteiger partial charge in [-0.05, 0) is 12.1 Å². The number of carbonyl (C=O) groups is 2. The second-order valence-corrected chi connectivity index (χ2v) is 4.65. The monoisotopic (exact) mass is 290 g/mol. The van der Waals surface area contributed by atoms with E-state index < -0.39 is 17.9 Å². The lowest BCUT2D eigenvalue weighted by atomic mass is 10.2. The Morgan fingerprint density at radius 2 is 2.40 bits per heavy atom. The third-order valence-electron chi connectivity index (χ3n) is 2.39. The summed E-state index contributed by atoms with van der Waals surface area (Å²) < 4.78 is 5.17. The van der Waals surface area contributed by atoms with Gasteiger partial charge in [-0.2, -0.15) is 0 Å². The highest BCUT2D eigenvalue weighted by atomic mass is 32.1. The van der Waals surface area contributed by atoms with Crippen molar-refractivity contribution in [3.05, 3.63) is 29.5 Å². The van der Waals surface area contributed by atoms with Gasteiger partial charge in [-0.1, -0.05) is 0 Å². The topological polar surface area (TPSA) is 92.4 Å². The minimum Gasteiger partial charge on any atom is -0.480 e. The van der Waals surface area contributed by atoms with Crippen molar-refractivity contribution in [2.24, 2.45) is 0 Å². The summed E-state index contributed by atoms with van der Waals surface area (Å²) in [4.78, 5) is 26.9. The van der Waals surface area contributed by atoms with Crippen LogP contribution in [0.2, 0.25) is 0 Å². The number of nitrogens with one attached hydrogen (secondary N) is 1. The summed E-state index contributed by atoms with van der Waals surface area (Å²) in [6.45, 7) is 0. The van der Waals surface area contributed by atoms with Crippen LogP contribution in [0.5, 0.6) is 0 Å². The number of rotatable bonds is 5. The van der Waals surface area contributed by atoms with Crippen LogP contribution in [0.3, 0.4) is 0 Å². The lowest BCUT2D eigenvalue weighted by molar-refractivity contribution is -0.139.